The number of tetrazole rings is 1. The average molecular weight is 433 g/mol. The highest BCUT2D eigenvalue weighted by Gasteiger charge is 2.63. The second kappa shape index (κ2) is 7.31. The van der Waals surface area contributed by atoms with E-state index in [-0.39, 0.29) is 18.4 Å². The highest BCUT2D eigenvalue weighted by Crippen LogP contribution is 2.51. The Morgan fingerprint density at radius 3 is 2.73 bits per heavy atom. The molecular weight excluding hydrogens is 408 g/mol. The van der Waals surface area contributed by atoms with Crippen LogP contribution in [0.25, 0.3) is 5.69 Å². The summed E-state index contributed by atoms with van der Waals surface area (Å²) < 4.78 is 1.50. The Morgan fingerprint density at radius 2 is 2.10 bits per heavy atom. The maximum Gasteiger partial charge on any atom is 0.252 e. The Morgan fingerprint density at radius 1 is 1.37 bits per heavy atom. The number of aliphatic hydroxyl groups excluding tert-OH is 1. The summed E-state index contributed by atoms with van der Waals surface area (Å²) in [6.45, 7) is 6.14. The molecule has 3 aliphatic rings. The van der Waals surface area contributed by atoms with Gasteiger partial charge in [0.25, 0.3) is 5.91 Å². The third kappa shape index (κ3) is 3.45. The van der Waals surface area contributed by atoms with E-state index in [2.05, 4.69) is 20.8 Å². The maximum absolute atomic E-state index is 13.2. The molecule has 3 heterocycles. The number of aliphatic hydroxyl groups is 1. The van der Waals surface area contributed by atoms with Gasteiger partial charge in [-0.3, -0.25) is 9.59 Å². The van der Waals surface area contributed by atoms with Crippen molar-refractivity contribution in [1.82, 2.24) is 30.4 Å². The van der Waals surface area contributed by atoms with Crippen LogP contribution in [-0.2, 0) is 16.1 Å². The molecule has 9 nitrogen and oxygen atoms in total. The zero-order valence-electron chi connectivity index (χ0n) is 17.2. The summed E-state index contributed by atoms with van der Waals surface area (Å²) in [6, 6.07) is 5.26. The Balaban J connectivity index is 1.51. The second-order valence-corrected chi connectivity index (χ2v) is 9.67. The minimum atomic E-state index is -1.15. The van der Waals surface area contributed by atoms with Crippen LogP contribution in [0.1, 0.15) is 39.2 Å². The van der Waals surface area contributed by atoms with Crippen LogP contribution in [0.15, 0.2) is 24.5 Å². The molecule has 1 atom stereocenters. The smallest absolute Gasteiger partial charge is 0.252 e. The van der Waals surface area contributed by atoms with Crippen LogP contribution in [-0.4, -0.2) is 60.2 Å². The molecule has 2 aliphatic heterocycles. The first-order valence-electron chi connectivity index (χ1n) is 9.91. The fourth-order valence-electron chi connectivity index (χ4n) is 4.34. The number of aromatic nitrogens is 4. The quantitative estimate of drug-likeness (QED) is 0.736. The molecule has 1 aromatic carbocycles. The lowest BCUT2D eigenvalue weighted by molar-refractivity contribution is -0.155. The zero-order valence-corrected chi connectivity index (χ0v) is 17.9. The Bertz CT molecular complexity index is 965. The van der Waals surface area contributed by atoms with Gasteiger partial charge in [0, 0.05) is 18.1 Å². The molecule has 0 radical (unpaired) electrons. The van der Waals surface area contributed by atoms with E-state index in [0.29, 0.717) is 36.0 Å². The van der Waals surface area contributed by atoms with Gasteiger partial charge in [-0.1, -0.05) is 32.4 Å². The van der Waals surface area contributed by atoms with Crippen LogP contribution < -0.4 is 5.32 Å². The molecule has 0 spiro atoms. The van der Waals surface area contributed by atoms with Crippen molar-refractivity contribution in [2.45, 2.75) is 51.8 Å². The van der Waals surface area contributed by atoms with Crippen molar-refractivity contribution in [2.24, 2.45) is 11.3 Å². The van der Waals surface area contributed by atoms with Crippen molar-refractivity contribution < 1.29 is 14.7 Å². The molecule has 10 heteroatoms. The fourth-order valence-corrected chi connectivity index (χ4v) is 4.53. The third-order valence-electron chi connectivity index (χ3n) is 6.03. The molecule has 2 bridgehead atoms. The largest absolute Gasteiger partial charge is 0.383 e. The molecule has 160 valence electrons. The first kappa shape index (κ1) is 20.7. The topological polar surface area (TPSA) is 113 Å². The van der Waals surface area contributed by atoms with Gasteiger partial charge in [0.15, 0.2) is 0 Å². The lowest BCUT2D eigenvalue weighted by Crippen LogP contribution is -2.61. The van der Waals surface area contributed by atoms with E-state index in [9.17, 15) is 14.7 Å². The van der Waals surface area contributed by atoms with Crippen LogP contribution in [0.4, 0.5) is 0 Å². The van der Waals surface area contributed by atoms with Gasteiger partial charge in [-0.15, -0.1) is 5.10 Å². The van der Waals surface area contributed by atoms with Crippen molar-refractivity contribution in [2.75, 3.05) is 6.54 Å². The molecule has 2 amide bonds. The summed E-state index contributed by atoms with van der Waals surface area (Å²) in [6.07, 6.45) is 1.56. The SMILES string of the molecule is CC(C)(C)[C@@H](O)C(=O)N1CC2CC1(C(=O)NCc1cc(Cl)ccc1-n1cnnn1)C2. The van der Waals surface area contributed by atoms with E-state index in [1.807, 2.05) is 20.8 Å². The number of carbonyl (C=O) groups is 2. The number of benzene rings is 1. The maximum atomic E-state index is 13.2. The Labute approximate surface area is 179 Å². The lowest BCUT2D eigenvalue weighted by atomic mass is 9.72. The highest BCUT2D eigenvalue weighted by molar-refractivity contribution is 6.30. The Kier molecular flexibility index (Phi) is 5.06. The van der Waals surface area contributed by atoms with Crippen LogP contribution in [0.3, 0.4) is 0 Å². The summed E-state index contributed by atoms with van der Waals surface area (Å²) in [5.74, 6) is -0.294. The van der Waals surface area contributed by atoms with E-state index < -0.39 is 17.1 Å². The molecule has 1 aromatic heterocycles. The summed E-state index contributed by atoms with van der Waals surface area (Å²) in [5, 5.41) is 25.2. The summed E-state index contributed by atoms with van der Waals surface area (Å²) in [5.41, 5.74) is -0.0256. The van der Waals surface area contributed by atoms with Gasteiger partial charge in [-0.05, 0) is 58.4 Å². The van der Waals surface area contributed by atoms with E-state index >= 15 is 0 Å². The molecule has 2 N–H and O–H groups in total. The van der Waals surface area contributed by atoms with Gasteiger partial charge < -0.3 is 15.3 Å². The van der Waals surface area contributed by atoms with Crippen molar-refractivity contribution in [1.29, 1.82) is 0 Å². The molecule has 5 rings (SSSR count). The molecule has 1 aliphatic carbocycles. The van der Waals surface area contributed by atoms with Crippen LogP contribution in [0.5, 0.6) is 0 Å². The minimum absolute atomic E-state index is 0.213. The minimum Gasteiger partial charge on any atom is -0.383 e. The molecule has 0 unspecified atom stereocenters. The summed E-state index contributed by atoms with van der Waals surface area (Å²) >= 11 is 6.14. The van der Waals surface area contributed by atoms with E-state index in [1.165, 1.54) is 11.0 Å². The monoisotopic (exact) mass is 432 g/mol. The van der Waals surface area contributed by atoms with Crippen molar-refractivity contribution >= 4 is 23.4 Å². The van der Waals surface area contributed by atoms with Gasteiger partial charge in [0.1, 0.15) is 18.0 Å². The van der Waals surface area contributed by atoms with E-state index in [1.54, 1.807) is 23.1 Å². The standard InChI is InChI=1S/C20H25ClN6O3/c1-19(2,3)16(28)17(29)26-10-12-7-20(26,8-12)18(30)22-9-13-6-14(21)4-5-15(13)27-11-23-24-25-27/h4-6,11-12,16,28H,7-10H2,1-3H3,(H,22,30)/t12?,16-,20?/m0/s1. The molecule has 1 saturated carbocycles. The van der Waals surface area contributed by atoms with Gasteiger partial charge in [-0.2, -0.15) is 0 Å². The fraction of sp³-hybridized carbons (Fsp3) is 0.550. The predicted molar refractivity (Wildman–Crippen MR) is 109 cm³/mol. The predicted octanol–water partition coefficient (Wildman–Crippen LogP) is 1.33. The molecule has 3 fully saturated rings. The van der Waals surface area contributed by atoms with Crippen molar-refractivity contribution in [3.8, 4) is 5.69 Å². The number of hydrogen-bond acceptors (Lipinski definition) is 6. The number of nitrogens with zero attached hydrogens (tertiary/aromatic N) is 5. The molecular formula is C20H25ClN6O3. The van der Waals surface area contributed by atoms with Crippen LogP contribution in [0, 0.1) is 11.3 Å². The average Bonchev–Trinajstić information content (AvgIpc) is 3.38. The highest BCUT2D eigenvalue weighted by atomic mass is 35.5. The first-order chi connectivity index (χ1) is 14.1. The number of hydrogen-bond donors (Lipinski definition) is 2. The molecule has 2 aromatic rings. The first-order valence-corrected chi connectivity index (χ1v) is 10.3. The van der Waals surface area contributed by atoms with Gasteiger partial charge in [0.05, 0.1) is 5.69 Å². The van der Waals surface area contributed by atoms with Crippen LogP contribution in [0.2, 0.25) is 5.02 Å². The third-order valence-corrected chi connectivity index (χ3v) is 6.26. The number of rotatable bonds is 5. The van der Waals surface area contributed by atoms with Crippen LogP contribution >= 0.6 is 11.6 Å². The summed E-state index contributed by atoms with van der Waals surface area (Å²) in [7, 11) is 0. The Hall–Kier alpha value is -2.52. The lowest BCUT2D eigenvalue weighted by Gasteiger charge is -2.42. The van der Waals surface area contributed by atoms with Crippen molar-refractivity contribution in [3.05, 3.63) is 35.1 Å². The zero-order chi connectivity index (χ0) is 21.7. The van der Waals surface area contributed by atoms with E-state index in [4.69, 9.17) is 11.6 Å². The number of fused-ring (bicyclic) bond motifs is 1. The summed E-state index contributed by atoms with van der Waals surface area (Å²) in [4.78, 5) is 27.7. The van der Waals surface area contributed by atoms with Gasteiger partial charge >= 0.3 is 0 Å². The normalized spacial score (nSPS) is 23.8. The van der Waals surface area contributed by atoms with Crippen molar-refractivity contribution in [3.63, 3.8) is 0 Å². The van der Waals surface area contributed by atoms with Gasteiger partial charge in [-0.25, -0.2) is 4.68 Å². The molecule has 2 saturated heterocycles. The number of nitrogens with one attached hydrogen (secondary N) is 1. The number of halogens is 1. The molecule has 30 heavy (non-hydrogen) atoms. The number of amides is 2. The van der Waals surface area contributed by atoms with Gasteiger partial charge in [0.2, 0.25) is 5.91 Å². The number of carbonyl (C=O) groups excluding carboxylic acids is 2. The van der Waals surface area contributed by atoms with E-state index in [0.717, 1.165) is 5.56 Å². The second-order valence-electron chi connectivity index (χ2n) is 9.23.